The number of carboxylic acid groups (broad SMARTS) is 1. The van der Waals surface area contributed by atoms with Crippen LogP contribution in [0.1, 0.15) is 12.0 Å². The SMILES string of the molecule is Cc1cccc(OCC(=O)N2CCN(C(=O)CC(=O)O)CC2)c1. The second kappa shape index (κ2) is 7.62. The zero-order valence-corrected chi connectivity index (χ0v) is 13.0. The predicted octanol–water partition coefficient (Wildman–Crippen LogP) is 0.519. The van der Waals surface area contributed by atoms with Crippen LogP contribution in [0.5, 0.6) is 5.75 Å². The van der Waals surface area contributed by atoms with Crippen LogP contribution in [-0.2, 0) is 14.4 Å². The van der Waals surface area contributed by atoms with Gasteiger partial charge in [0.25, 0.3) is 5.91 Å². The van der Waals surface area contributed by atoms with Gasteiger partial charge >= 0.3 is 5.97 Å². The van der Waals surface area contributed by atoms with Crippen LogP contribution >= 0.6 is 0 Å². The van der Waals surface area contributed by atoms with Crippen molar-refractivity contribution in [2.75, 3.05) is 32.8 Å². The van der Waals surface area contributed by atoms with Gasteiger partial charge in [0, 0.05) is 26.2 Å². The van der Waals surface area contributed by atoms with Crippen LogP contribution in [0.25, 0.3) is 0 Å². The van der Waals surface area contributed by atoms with E-state index in [2.05, 4.69) is 0 Å². The molecule has 1 saturated heterocycles. The highest BCUT2D eigenvalue weighted by Gasteiger charge is 2.25. The van der Waals surface area contributed by atoms with E-state index >= 15 is 0 Å². The van der Waals surface area contributed by atoms with Crippen molar-refractivity contribution < 1.29 is 24.2 Å². The molecule has 1 aromatic rings. The summed E-state index contributed by atoms with van der Waals surface area (Å²) in [6, 6.07) is 7.46. The summed E-state index contributed by atoms with van der Waals surface area (Å²) in [5.41, 5.74) is 1.06. The van der Waals surface area contributed by atoms with Gasteiger partial charge in [0.15, 0.2) is 6.61 Å². The summed E-state index contributed by atoms with van der Waals surface area (Å²) in [5.74, 6) is -1.05. The van der Waals surface area contributed by atoms with Crippen molar-refractivity contribution >= 4 is 17.8 Å². The van der Waals surface area contributed by atoms with Crippen molar-refractivity contribution in [1.82, 2.24) is 9.80 Å². The van der Waals surface area contributed by atoms with Crippen LogP contribution < -0.4 is 4.74 Å². The number of hydrogen-bond donors (Lipinski definition) is 1. The minimum Gasteiger partial charge on any atom is -0.484 e. The summed E-state index contributed by atoms with van der Waals surface area (Å²) in [6.45, 7) is 3.38. The summed E-state index contributed by atoms with van der Waals surface area (Å²) in [5, 5.41) is 8.62. The molecule has 1 aromatic carbocycles. The first-order chi connectivity index (χ1) is 11.0. The van der Waals surface area contributed by atoms with Gasteiger partial charge in [-0.15, -0.1) is 0 Å². The lowest BCUT2D eigenvalue weighted by Gasteiger charge is -2.34. The van der Waals surface area contributed by atoms with Crippen molar-refractivity contribution in [3.8, 4) is 5.75 Å². The van der Waals surface area contributed by atoms with Crippen LogP contribution in [0.3, 0.4) is 0 Å². The average molecular weight is 320 g/mol. The van der Waals surface area contributed by atoms with Crippen molar-refractivity contribution in [1.29, 1.82) is 0 Å². The Kier molecular flexibility index (Phi) is 5.56. The molecule has 7 heteroatoms. The summed E-state index contributed by atoms with van der Waals surface area (Å²) in [6.07, 6.45) is -0.510. The van der Waals surface area contributed by atoms with Gasteiger partial charge in [-0.3, -0.25) is 14.4 Å². The predicted molar refractivity (Wildman–Crippen MR) is 82.1 cm³/mol. The third-order valence-corrected chi connectivity index (χ3v) is 3.64. The highest BCUT2D eigenvalue weighted by atomic mass is 16.5. The number of hydrogen-bond acceptors (Lipinski definition) is 4. The molecule has 2 rings (SSSR count). The normalized spacial score (nSPS) is 14.5. The fraction of sp³-hybridized carbons (Fsp3) is 0.438. The number of carbonyl (C=O) groups excluding carboxylic acids is 2. The Bertz CT molecular complexity index is 594. The van der Waals surface area contributed by atoms with Crippen molar-refractivity contribution in [2.24, 2.45) is 0 Å². The lowest BCUT2D eigenvalue weighted by atomic mass is 10.2. The van der Waals surface area contributed by atoms with Crippen LogP contribution in [0.15, 0.2) is 24.3 Å². The molecule has 0 bridgehead atoms. The minimum absolute atomic E-state index is 0.0491. The third kappa shape index (κ3) is 4.98. The molecular formula is C16H20N2O5. The van der Waals surface area contributed by atoms with Gasteiger partial charge in [-0.1, -0.05) is 12.1 Å². The van der Waals surface area contributed by atoms with Crippen molar-refractivity contribution in [3.05, 3.63) is 29.8 Å². The van der Waals surface area contributed by atoms with E-state index in [0.717, 1.165) is 5.56 Å². The second-order valence-electron chi connectivity index (χ2n) is 5.44. The van der Waals surface area contributed by atoms with E-state index < -0.39 is 18.3 Å². The molecule has 0 aliphatic carbocycles. The molecule has 7 nitrogen and oxygen atoms in total. The minimum atomic E-state index is -1.14. The van der Waals surface area contributed by atoms with Gasteiger partial charge in [0.05, 0.1) is 0 Å². The molecule has 1 aliphatic rings. The molecule has 0 atom stereocenters. The van der Waals surface area contributed by atoms with Crippen LogP contribution in [0, 0.1) is 6.92 Å². The number of rotatable bonds is 5. The molecule has 0 saturated carbocycles. The van der Waals surface area contributed by atoms with E-state index in [4.69, 9.17) is 9.84 Å². The Labute approximate surface area is 134 Å². The number of ether oxygens (including phenoxy) is 1. The van der Waals surface area contributed by atoms with E-state index in [9.17, 15) is 14.4 Å². The molecule has 1 aliphatic heterocycles. The lowest BCUT2D eigenvalue weighted by molar-refractivity contribution is -0.147. The Morgan fingerprint density at radius 1 is 1.09 bits per heavy atom. The first kappa shape index (κ1) is 16.8. The van der Waals surface area contributed by atoms with Crippen LogP contribution in [0.2, 0.25) is 0 Å². The number of piperazine rings is 1. The molecule has 0 aromatic heterocycles. The Balaban J connectivity index is 1.77. The number of aliphatic carboxylic acids is 1. The number of benzene rings is 1. The van der Waals surface area contributed by atoms with E-state index in [1.54, 1.807) is 11.0 Å². The maximum Gasteiger partial charge on any atom is 0.312 e. The summed E-state index contributed by atoms with van der Waals surface area (Å²) in [4.78, 5) is 37.4. The molecule has 1 heterocycles. The molecule has 124 valence electrons. The van der Waals surface area contributed by atoms with Crippen molar-refractivity contribution in [2.45, 2.75) is 13.3 Å². The van der Waals surface area contributed by atoms with E-state index in [1.165, 1.54) is 4.90 Å². The Morgan fingerprint density at radius 2 is 1.70 bits per heavy atom. The summed E-state index contributed by atoms with van der Waals surface area (Å²) >= 11 is 0. The van der Waals surface area contributed by atoms with Crippen LogP contribution in [0.4, 0.5) is 0 Å². The van der Waals surface area contributed by atoms with Gasteiger partial charge < -0.3 is 19.6 Å². The van der Waals surface area contributed by atoms with Gasteiger partial charge in [-0.05, 0) is 24.6 Å². The smallest absolute Gasteiger partial charge is 0.312 e. The number of carboxylic acids is 1. The van der Waals surface area contributed by atoms with E-state index in [0.29, 0.717) is 31.9 Å². The standard InChI is InChI=1S/C16H20N2O5/c1-12-3-2-4-13(9-12)23-11-15(20)18-7-5-17(6-8-18)14(19)10-16(21)22/h2-4,9H,5-8,10-11H2,1H3,(H,21,22). The molecule has 0 radical (unpaired) electrons. The Morgan fingerprint density at radius 3 is 2.26 bits per heavy atom. The lowest BCUT2D eigenvalue weighted by Crippen LogP contribution is -2.51. The van der Waals surface area contributed by atoms with Gasteiger partial charge in [0.1, 0.15) is 12.2 Å². The average Bonchev–Trinajstić information content (AvgIpc) is 2.52. The number of nitrogens with zero attached hydrogens (tertiary/aromatic N) is 2. The number of carbonyl (C=O) groups is 3. The second-order valence-corrected chi connectivity index (χ2v) is 5.44. The molecule has 2 amide bonds. The number of amides is 2. The summed E-state index contributed by atoms with van der Waals surface area (Å²) in [7, 11) is 0. The quantitative estimate of drug-likeness (QED) is 0.799. The Hall–Kier alpha value is -2.57. The van der Waals surface area contributed by atoms with E-state index in [1.807, 2.05) is 25.1 Å². The fourth-order valence-electron chi connectivity index (χ4n) is 2.39. The monoisotopic (exact) mass is 320 g/mol. The highest BCUT2D eigenvalue weighted by Crippen LogP contribution is 2.12. The van der Waals surface area contributed by atoms with E-state index in [-0.39, 0.29) is 12.5 Å². The van der Waals surface area contributed by atoms with Crippen molar-refractivity contribution in [3.63, 3.8) is 0 Å². The van der Waals surface area contributed by atoms with Gasteiger partial charge in [-0.25, -0.2) is 0 Å². The van der Waals surface area contributed by atoms with Crippen LogP contribution in [-0.4, -0.2) is 65.5 Å². The first-order valence-corrected chi connectivity index (χ1v) is 7.42. The molecular weight excluding hydrogens is 300 g/mol. The highest BCUT2D eigenvalue weighted by molar-refractivity contribution is 5.93. The largest absolute Gasteiger partial charge is 0.484 e. The zero-order chi connectivity index (χ0) is 16.8. The van der Waals surface area contributed by atoms with Gasteiger partial charge in [0.2, 0.25) is 5.91 Å². The third-order valence-electron chi connectivity index (χ3n) is 3.64. The maximum atomic E-state index is 12.1. The first-order valence-electron chi connectivity index (χ1n) is 7.42. The number of aryl methyl sites for hydroxylation is 1. The van der Waals surface area contributed by atoms with Gasteiger partial charge in [-0.2, -0.15) is 0 Å². The molecule has 0 spiro atoms. The molecule has 1 fully saturated rings. The fourth-order valence-corrected chi connectivity index (χ4v) is 2.39. The topological polar surface area (TPSA) is 87.2 Å². The molecule has 0 unspecified atom stereocenters. The zero-order valence-electron chi connectivity index (χ0n) is 13.0. The summed E-state index contributed by atoms with van der Waals surface area (Å²) < 4.78 is 5.48. The molecule has 1 N–H and O–H groups in total. The maximum absolute atomic E-state index is 12.1. The molecule has 23 heavy (non-hydrogen) atoms.